The van der Waals surface area contributed by atoms with Gasteiger partial charge in [-0.2, -0.15) is 0 Å². The number of oxime groups is 1. The summed E-state index contributed by atoms with van der Waals surface area (Å²) in [7, 11) is 6.69. The minimum absolute atomic E-state index is 0.0709. The number of hydrogen-bond acceptors (Lipinski definition) is 18. The molecule has 0 unspecified atom stereocenters. The summed E-state index contributed by atoms with van der Waals surface area (Å²) in [6, 6.07) is -0.356. The van der Waals surface area contributed by atoms with E-state index in [1.54, 1.807) is 41.5 Å². The zero-order chi connectivity index (χ0) is 44.6. The fourth-order valence-corrected chi connectivity index (χ4v) is 8.93. The molecule has 0 aliphatic carbocycles. The van der Waals surface area contributed by atoms with Crippen LogP contribution < -0.4 is 0 Å². The van der Waals surface area contributed by atoms with Crippen LogP contribution in [0.3, 0.4) is 0 Å². The molecule has 0 saturated carbocycles. The van der Waals surface area contributed by atoms with Crippen molar-refractivity contribution < 1.29 is 78.2 Å². The highest BCUT2D eigenvalue weighted by molar-refractivity contribution is 5.89. The largest absolute Gasteiger partial charge is 0.459 e. The molecule has 0 spiro atoms. The second kappa shape index (κ2) is 22.1. The van der Waals surface area contributed by atoms with Gasteiger partial charge in [-0.15, -0.1) is 0 Å². The van der Waals surface area contributed by atoms with Crippen LogP contribution in [0.2, 0.25) is 0 Å². The van der Waals surface area contributed by atoms with E-state index in [1.807, 2.05) is 25.9 Å². The molecule has 3 fully saturated rings. The number of hydrogen-bond donors (Lipinski definition) is 6. The molecular weight excluding hydrogens is 776 g/mol. The minimum atomic E-state index is -2.13. The van der Waals surface area contributed by atoms with Crippen molar-refractivity contribution in [1.82, 2.24) is 4.90 Å². The van der Waals surface area contributed by atoms with E-state index in [2.05, 4.69) is 5.16 Å². The summed E-state index contributed by atoms with van der Waals surface area (Å²) in [6.07, 6.45) is -10.3. The van der Waals surface area contributed by atoms with Crippen molar-refractivity contribution >= 4 is 11.7 Å². The molecule has 0 aromatic rings. The summed E-state index contributed by atoms with van der Waals surface area (Å²) in [5.74, 6) is -4.85. The molecule has 0 radical (unpaired) electrons. The first-order valence-corrected chi connectivity index (χ1v) is 20.9. The van der Waals surface area contributed by atoms with Crippen molar-refractivity contribution in [1.29, 1.82) is 0 Å². The maximum absolute atomic E-state index is 14.3. The number of nitrogens with zero attached hydrogens (tertiary/aromatic N) is 2. The number of aliphatic hydroxyl groups is 6. The fourth-order valence-electron chi connectivity index (χ4n) is 8.93. The fraction of sp³-hybridized carbons (Fsp3) is 0.951. The van der Waals surface area contributed by atoms with Crippen LogP contribution in [0.1, 0.15) is 88.0 Å². The van der Waals surface area contributed by atoms with Gasteiger partial charge in [-0.05, 0) is 74.9 Å². The molecule has 3 rings (SSSR count). The van der Waals surface area contributed by atoms with Crippen LogP contribution in [-0.2, 0) is 47.5 Å². The van der Waals surface area contributed by atoms with Crippen molar-refractivity contribution in [2.75, 3.05) is 54.9 Å². The summed E-state index contributed by atoms with van der Waals surface area (Å²) in [4.78, 5) is 21.7. The molecule has 18 heteroatoms. The van der Waals surface area contributed by atoms with Crippen molar-refractivity contribution in [2.24, 2.45) is 28.8 Å². The van der Waals surface area contributed by atoms with Crippen LogP contribution in [0, 0.1) is 23.7 Å². The Morgan fingerprint density at radius 1 is 0.932 bits per heavy atom. The van der Waals surface area contributed by atoms with Gasteiger partial charge in [0, 0.05) is 38.5 Å². The molecule has 18 nitrogen and oxygen atoms in total. The summed E-state index contributed by atoms with van der Waals surface area (Å²) in [5, 5.41) is 74.3. The summed E-state index contributed by atoms with van der Waals surface area (Å²) < 4.78 is 48.0. The highest BCUT2D eigenvalue weighted by atomic mass is 16.7. The number of carbonyl (C=O) groups excluding carboxylic acids is 1. The number of rotatable bonds is 14. The zero-order valence-electron chi connectivity index (χ0n) is 37.5. The minimum Gasteiger partial charge on any atom is -0.459 e. The highest BCUT2D eigenvalue weighted by Crippen LogP contribution is 2.41. The maximum Gasteiger partial charge on any atom is 0.311 e. The van der Waals surface area contributed by atoms with Crippen LogP contribution in [0.5, 0.6) is 0 Å². The van der Waals surface area contributed by atoms with E-state index >= 15 is 0 Å². The van der Waals surface area contributed by atoms with Gasteiger partial charge in [0.15, 0.2) is 12.6 Å². The lowest BCUT2D eigenvalue weighted by Gasteiger charge is -2.49. The van der Waals surface area contributed by atoms with Crippen LogP contribution >= 0.6 is 0 Å². The van der Waals surface area contributed by atoms with E-state index in [0.717, 1.165) is 0 Å². The summed E-state index contributed by atoms with van der Waals surface area (Å²) >= 11 is 0. The SMILES string of the molecule is CC[C@H]1OC(=O)[C@H](C)[C@@H](O[C@H]2C[C@@](C)(OC)[C@@H](O)[C@H](C)O2)[C@H](C)[C@@H](O[C@@H]2O[C@H](C)C[C@H](N(C)C)[C@H]2O)[C@](C)(O)C[C@@H](C)/C(=N\OCOCCOC)[C@H](CO)[C@@H](O)[C@]1(C)O. The Hall–Kier alpha value is -1.62. The molecule has 3 heterocycles. The molecule has 0 aromatic heterocycles. The van der Waals surface area contributed by atoms with Gasteiger partial charge in [0.25, 0.3) is 0 Å². The second-order valence-corrected chi connectivity index (χ2v) is 17.7. The molecule has 0 aromatic carbocycles. The predicted octanol–water partition coefficient (Wildman–Crippen LogP) is 1.18. The molecule has 18 atom stereocenters. The second-order valence-electron chi connectivity index (χ2n) is 17.7. The molecule has 3 aliphatic heterocycles. The average molecular weight is 853 g/mol. The Balaban J connectivity index is 2.25. The van der Waals surface area contributed by atoms with Crippen LogP contribution in [0.4, 0.5) is 0 Å². The van der Waals surface area contributed by atoms with Gasteiger partial charge in [-0.3, -0.25) is 4.79 Å². The van der Waals surface area contributed by atoms with Crippen LogP contribution in [0.15, 0.2) is 5.16 Å². The van der Waals surface area contributed by atoms with E-state index in [4.69, 9.17) is 42.7 Å². The normalized spacial score (nSPS) is 45.3. The van der Waals surface area contributed by atoms with E-state index in [-0.39, 0.29) is 50.5 Å². The lowest BCUT2D eigenvalue weighted by atomic mass is 9.73. The predicted molar refractivity (Wildman–Crippen MR) is 214 cm³/mol. The molecular formula is C41H76N2O16. The molecule has 3 saturated heterocycles. The standard InChI is InChI=1S/C41H76N2O16/c1-14-29-41(9,50)35(47)27(20-44)31(42-54-21-53-16-15-51-12)22(2)18-39(7,49)36(59-38-32(45)28(43(10)11)17-23(3)55-38)24(4)33(25(5)37(48)57-29)58-30-19-40(8,52-13)34(46)26(6)56-30/h22-30,32-36,38,44-47,49-50H,14-21H2,1-13H3/b42-31+/t22-,23-,24+,25-,26+,27+,28+,29-,30+,32-,33+,34+,35-,36-,38+,39-,40-,41-/m1/s1. The Labute approximate surface area is 350 Å². The molecule has 346 valence electrons. The van der Waals surface area contributed by atoms with Gasteiger partial charge in [0.1, 0.15) is 23.9 Å². The summed E-state index contributed by atoms with van der Waals surface area (Å²) in [5.41, 5.74) is -4.97. The van der Waals surface area contributed by atoms with Gasteiger partial charge in [-0.25, -0.2) is 0 Å². The molecule has 6 N–H and O–H groups in total. The smallest absolute Gasteiger partial charge is 0.311 e. The van der Waals surface area contributed by atoms with Gasteiger partial charge < -0.3 is 78.3 Å². The van der Waals surface area contributed by atoms with E-state index in [0.29, 0.717) is 13.0 Å². The zero-order valence-corrected chi connectivity index (χ0v) is 37.5. The Kier molecular flexibility index (Phi) is 19.4. The number of aliphatic hydroxyl groups excluding tert-OH is 4. The van der Waals surface area contributed by atoms with E-state index < -0.39 is 108 Å². The Morgan fingerprint density at radius 3 is 2.17 bits per heavy atom. The quantitative estimate of drug-likeness (QED) is 0.0623. The number of ether oxygens (including phenoxy) is 8. The molecule has 0 amide bonds. The van der Waals surface area contributed by atoms with E-state index in [1.165, 1.54) is 28.1 Å². The third kappa shape index (κ3) is 12.5. The Bertz CT molecular complexity index is 1320. The topological polar surface area (TPSA) is 237 Å². The van der Waals surface area contributed by atoms with Crippen LogP contribution in [-0.4, -0.2) is 186 Å². The summed E-state index contributed by atoms with van der Waals surface area (Å²) in [6.45, 7) is 14.4. The van der Waals surface area contributed by atoms with Crippen molar-refractivity contribution in [3.63, 3.8) is 0 Å². The van der Waals surface area contributed by atoms with Gasteiger partial charge in [-0.1, -0.05) is 25.9 Å². The molecule has 0 bridgehead atoms. The van der Waals surface area contributed by atoms with Crippen LogP contribution in [0.25, 0.3) is 0 Å². The number of likely N-dealkylation sites (N-methyl/N-ethyl adjacent to an activating group) is 1. The third-order valence-corrected chi connectivity index (χ3v) is 12.6. The number of esters is 1. The molecule has 59 heavy (non-hydrogen) atoms. The van der Waals surface area contributed by atoms with Crippen molar-refractivity contribution in [3.05, 3.63) is 0 Å². The van der Waals surface area contributed by atoms with Gasteiger partial charge in [0.2, 0.25) is 6.79 Å². The number of carbonyl (C=O) groups is 1. The highest BCUT2D eigenvalue weighted by Gasteiger charge is 2.54. The molecule has 3 aliphatic rings. The lowest BCUT2D eigenvalue weighted by Crippen LogP contribution is -2.61. The van der Waals surface area contributed by atoms with E-state index in [9.17, 15) is 35.4 Å². The monoisotopic (exact) mass is 853 g/mol. The lowest BCUT2D eigenvalue weighted by molar-refractivity contribution is -0.317. The average Bonchev–Trinajstić information content (AvgIpc) is 3.17. The first-order valence-electron chi connectivity index (χ1n) is 20.9. The number of cyclic esters (lactones) is 1. The first-order chi connectivity index (χ1) is 27.5. The number of methoxy groups -OCH3 is 2. The maximum atomic E-state index is 14.3. The van der Waals surface area contributed by atoms with Gasteiger partial charge in [0.05, 0.1) is 79.1 Å². The first kappa shape index (κ1) is 51.7. The van der Waals surface area contributed by atoms with Gasteiger partial charge >= 0.3 is 5.97 Å². The Morgan fingerprint density at radius 2 is 1.59 bits per heavy atom. The third-order valence-electron chi connectivity index (χ3n) is 12.6. The van der Waals surface area contributed by atoms with Crippen molar-refractivity contribution in [2.45, 2.75) is 172 Å². The van der Waals surface area contributed by atoms with Crippen molar-refractivity contribution in [3.8, 4) is 0 Å².